The molecule has 0 saturated heterocycles. The van der Waals surface area contributed by atoms with Gasteiger partial charge in [0, 0.05) is 29.5 Å². The Labute approximate surface area is 125 Å². The molecule has 0 unspecified atom stereocenters. The molecule has 0 aliphatic rings. The molecule has 6 heteroatoms. The van der Waals surface area contributed by atoms with E-state index in [2.05, 4.69) is 9.97 Å². The van der Waals surface area contributed by atoms with E-state index in [-0.39, 0.29) is 18.0 Å². The Morgan fingerprint density at radius 1 is 1.35 bits per heavy atom. The number of hydrogen-bond acceptors (Lipinski definition) is 4. The van der Waals surface area contributed by atoms with E-state index in [1.54, 1.807) is 29.9 Å². The summed E-state index contributed by atoms with van der Waals surface area (Å²) < 4.78 is 1.57. The van der Waals surface area contributed by atoms with E-state index in [0.29, 0.717) is 16.2 Å². The summed E-state index contributed by atoms with van der Waals surface area (Å²) in [4.78, 5) is 21.3. The van der Waals surface area contributed by atoms with Crippen molar-refractivity contribution in [3.63, 3.8) is 0 Å². The van der Waals surface area contributed by atoms with Crippen LogP contribution < -0.4 is 5.56 Å². The third-order valence-corrected chi connectivity index (χ3v) is 3.60. The van der Waals surface area contributed by atoms with Crippen LogP contribution in [-0.4, -0.2) is 14.4 Å². The molecular formula is C14H12ClN3OS. The molecule has 102 valence electrons. The standard InChI is InChI=1S/C14H11N3OS.ClH/c1-10-12(5-4-11-3-2-6-15-9-11)16-14-17(13(10)18)7-8-19-14;/h2-9H,1H3;1H/b5-4+;. The van der Waals surface area contributed by atoms with Crippen molar-refractivity contribution >= 4 is 40.9 Å². The molecule has 3 rings (SSSR count). The lowest BCUT2D eigenvalue weighted by molar-refractivity contribution is 1.03. The van der Waals surface area contributed by atoms with Gasteiger partial charge in [-0.1, -0.05) is 12.1 Å². The van der Waals surface area contributed by atoms with Crippen molar-refractivity contribution in [2.45, 2.75) is 6.92 Å². The Bertz CT molecular complexity index is 808. The van der Waals surface area contributed by atoms with Gasteiger partial charge in [0.2, 0.25) is 0 Å². The Morgan fingerprint density at radius 3 is 2.95 bits per heavy atom. The smallest absolute Gasteiger partial charge is 0.262 e. The minimum atomic E-state index is -0.0166. The molecule has 0 N–H and O–H groups in total. The summed E-state index contributed by atoms with van der Waals surface area (Å²) >= 11 is 1.45. The van der Waals surface area contributed by atoms with Crippen LogP contribution in [0.3, 0.4) is 0 Å². The predicted molar refractivity (Wildman–Crippen MR) is 84.5 cm³/mol. The third-order valence-electron chi connectivity index (χ3n) is 2.85. The first-order valence-electron chi connectivity index (χ1n) is 5.80. The molecule has 0 amide bonds. The van der Waals surface area contributed by atoms with Gasteiger partial charge in [-0.15, -0.1) is 23.7 Å². The highest BCUT2D eigenvalue weighted by atomic mass is 35.5. The molecule has 0 spiro atoms. The minimum absolute atomic E-state index is 0. The van der Waals surface area contributed by atoms with Gasteiger partial charge in [0.25, 0.3) is 5.56 Å². The van der Waals surface area contributed by atoms with Crippen LogP contribution in [0.25, 0.3) is 17.1 Å². The number of pyridine rings is 1. The van der Waals surface area contributed by atoms with Crippen LogP contribution in [-0.2, 0) is 0 Å². The maximum atomic E-state index is 12.1. The van der Waals surface area contributed by atoms with Gasteiger partial charge in [0.1, 0.15) is 0 Å². The summed E-state index contributed by atoms with van der Waals surface area (Å²) in [6.07, 6.45) is 9.00. The van der Waals surface area contributed by atoms with Crippen LogP contribution in [0.4, 0.5) is 0 Å². The van der Waals surface area contributed by atoms with Gasteiger partial charge in [-0.25, -0.2) is 4.98 Å². The van der Waals surface area contributed by atoms with E-state index in [9.17, 15) is 4.79 Å². The lowest BCUT2D eigenvalue weighted by Crippen LogP contribution is -2.17. The maximum absolute atomic E-state index is 12.1. The summed E-state index contributed by atoms with van der Waals surface area (Å²) in [6, 6.07) is 3.83. The largest absolute Gasteiger partial charge is 0.269 e. The number of hydrogen-bond donors (Lipinski definition) is 0. The quantitative estimate of drug-likeness (QED) is 0.731. The van der Waals surface area contributed by atoms with Gasteiger partial charge in [0.05, 0.1) is 5.69 Å². The summed E-state index contributed by atoms with van der Waals surface area (Å²) in [5.74, 6) is 0. The molecule has 0 bridgehead atoms. The summed E-state index contributed by atoms with van der Waals surface area (Å²) in [6.45, 7) is 1.79. The third kappa shape index (κ3) is 2.64. The zero-order chi connectivity index (χ0) is 13.2. The fraction of sp³-hybridized carbons (Fsp3) is 0.0714. The molecule has 3 aromatic rings. The normalized spacial score (nSPS) is 10.8. The summed E-state index contributed by atoms with van der Waals surface area (Å²) in [5.41, 5.74) is 2.32. The van der Waals surface area contributed by atoms with Crippen LogP contribution in [0.15, 0.2) is 40.9 Å². The van der Waals surface area contributed by atoms with Crippen molar-refractivity contribution in [1.82, 2.24) is 14.4 Å². The van der Waals surface area contributed by atoms with Crippen molar-refractivity contribution < 1.29 is 0 Å². The Balaban J connectivity index is 0.00000147. The zero-order valence-electron chi connectivity index (χ0n) is 10.7. The van der Waals surface area contributed by atoms with Crippen LogP contribution in [0.1, 0.15) is 16.8 Å². The number of nitrogens with zero attached hydrogens (tertiary/aromatic N) is 3. The first-order valence-corrected chi connectivity index (χ1v) is 6.68. The van der Waals surface area contributed by atoms with E-state index in [1.165, 1.54) is 11.3 Å². The highest BCUT2D eigenvalue weighted by molar-refractivity contribution is 7.15. The molecule has 0 aromatic carbocycles. The van der Waals surface area contributed by atoms with E-state index in [4.69, 9.17) is 0 Å². The number of rotatable bonds is 2. The number of thiazole rings is 1. The van der Waals surface area contributed by atoms with E-state index in [1.807, 2.05) is 29.7 Å². The summed E-state index contributed by atoms with van der Waals surface area (Å²) in [5, 5.41) is 1.86. The maximum Gasteiger partial charge on any atom is 0.262 e. The van der Waals surface area contributed by atoms with Crippen LogP contribution in [0.2, 0.25) is 0 Å². The van der Waals surface area contributed by atoms with Crippen LogP contribution >= 0.6 is 23.7 Å². The van der Waals surface area contributed by atoms with Gasteiger partial charge in [0.15, 0.2) is 4.96 Å². The second-order valence-electron chi connectivity index (χ2n) is 4.10. The second kappa shape index (κ2) is 5.98. The first kappa shape index (κ1) is 14.4. The molecular weight excluding hydrogens is 294 g/mol. The van der Waals surface area contributed by atoms with Crippen molar-refractivity contribution in [2.75, 3.05) is 0 Å². The van der Waals surface area contributed by atoms with Gasteiger partial charge in [-0.2, -0.15) is 0 Å². The monoisotopic (exact) mass is 305 g/mol. The van der Waals surface area contributed by atoms with Gasteiger partial charge in [-0.05, 0) is 24.6 Å². The molecule has 0 radical (unpaired) electrons. The Kier molecular flexibility index (Phi) is 4.32. The number of fused-ring (bicyclic) bond motifs is 1. The fourth-order valence-corrected chi connectivity index (χ4v) is 2.51. The minimum Gasteiger partial charge on any atom is -0.269 e. The van der Waals surface area contributed by atoms with Crippen LogP contribution in [0, 0.1) is 6.92 Å². The second-order valence-corrected chi connectivity index (χ2v) is 4.98. The lowest BCUT2D eigenvalue weighted by atomic mass is 10.2. The van der Waals surface area contributed by atoms with Crippen molar-refractivity contribution in [3.8, 4) is 0 Å². The molecule has 3 heterocycles. The highest BCUT2D eigenvalue weighted by Gasteiger charge is 2.06. The average Bonchev–Trinajstić information content (AvgIpc) is 2.91. The van der Waals surface area contributed by atoms with Crippen molar-refractivity contribution in [3.05, 3.63) is 63.3 Å². The molecule has 4 nitrogen and oxygen atoms in total. The molecule has 0 fully saturated rings. The Hall–Kier alpha value is -1.98. The van der Waals surface area contributed by atoms with E-state index in [0.717, 1.165) is 5.56 Å². The topological polar surface area (TPSA) is 47.3 Å². The van der Waals surface area contributed by atoms with Crippen molar-refractivity contribution in [2.24, 2.45) is 0 Å². The molecule has 0 atom stereocenters. The molecule has 0 aliphatic carbocycles. The van der Waals surface area contributed by atoms with E-state index < -0.39 is 0 Å². The van der Waals surface area contributed by atoms with E-state index >= 15 is 0 Å². The molecule has 0 aliphatic heterocycles. The van der Waals surface area contributed by atoms with Gasteiger partial charge >= 0.3 is 0 Å². The highest BCUT2D eigenvalue weighted by Crippen LogP contribution is 2.12. The fourth-order valence-electron chi connectivity index (χ4n) is 1.80. The number of halogens is 1. The zero-order valence-corrected chi connectivity index (χ0v) is 12.3. The average molecular weight is 306 g/mol. The SMILES string of the molecule is Cc1c(/C=C/c2cccnc2)nc2sccn2c1=O.Cl. The van der Waals surface area contributed by atoms with Gasteiger partial charge in [-0.3, -0.25) is 14.2 Å². The van der Waals surface area contributed by atoms with Crippen LogP contribution in [0.5, 0.6) is 0 Å². The van der Waals surface area contributed by atoms with Crippen molar-refractivity contribution in [1.29, 1.82) is 0 Å². The van der Waals surface area contributed by atoms with Gasteiger partial charge < -0.3 is 0 Å². The first-order chi connectivity index (χ1) is 9.25. The molecule has 0 saturated carbocycles. The lowest BCUT2D eigenvalue weighted by Gasteiger charge is -2.00. The molecule has 3 aromatic heterocycles. The number of aromatic nitrogens is 3. The Morgan fingerprint density at radius 2 is 2.20 bits per heavy atom. The molecule has 20 heavy (non-hydrogen) atoms. The predicted octanol–water partition coefficient (Wildman–Crippen LogP) is 3.05. The summed E-state index contributed by atoms with van der Waals surface area (Å²) in [7, 11) is 0.